The summed E-state index contributed by atoms with van der Waals surface area (Å²) in [6.45, 7) is 3.98. The number of hydrogen-bond acceptors (Lipinski definition) is 4. The molecule has 2 aromatic carbocycles. The van der Waals surface area contributed by atoms with E-state index in [1.54, 1.807) is 4.68 Å². The zero-order valence-electron chi connectivity index (χ0n) is 11.4. The molecule has 1 heterocycles. The first-order valence-electron chi connectivity index (χ1n) is 6.37. The summed E-state index contributed by atoms with van der Waals surface area (Å²) in [5.41, 5.74) is 10.7. The van der Waals surface area contributed by atoms with E-state index in [2.05, 4.69) is 15.5 Å². The maximum atomic E-state index is 5.93. The van der Waals surface area contributed by atoms with Gasteiger partial charge in [-0.05, 0) is 47.5 Å². The van der Waals surface area contributed by atoms with Gasteiger partial charge in [-0.1, -0.05) is 30.3 Å². The molecule has 20 heavy (non-hydrogen) atoms. The lowest BCUT2D eigenvalue weighted by molar-refractivity contribution is 0.787. The number of nitrogens with zero attached hydrogens (tertiary/aromatic N) is 4. The summed E-state index contributed by atoms with van der Waals surface area (Å²) < 4.78 is 1.75. The first-order chi connectivity index (χ1) is 9.66. The number of tetrazole rings is 1. The highest BCUT2D eigenvalue weighted by Crippen LogP contribution is 2.24. The van der Waals surface area contributed by atoms with Gasteiger partial charge < -0.3 is 5.73 Å². The van der Waals surface area contributed by atoms with Gasteiger partial charge in [0.25, 0.3) is 0 Å². The van der Waals surface area contributed by atoms with E-state index < -0.39 is 0 Å². The summed E-state index contributed by atoms with van der Waals surface area (Å²) in [6.07, 6.45) is 0. The van der Waals surface area contributed by atoms with Gasteiger partial charge in [-0.3, -0.25) is 0 Å². The Morgan fingerprint density at radius 1 is 1.00 bits per heavy atom. The molecule has 3 rings (SSSR count). The molecular formula is C15H15N5. The van der Waals surface area contributed by atoms with Crippen LogP contribution in [-0.2, 0) is 0 Å². The Bertz CT molecular complexity index is 746. The lowest BCUT2D eigenvalue weighted by atomic mass is 10.1. The average Bonchev–Trinajstić information content (AvgIpc) is 2.93. The van der Waals surface area contributed by atoms with Crippen molar-refractivity contribution in [2.45, 2.75) is 13.8 Å². The number of aryl methyl sites for hydroxylation is 2. The van der Waals surface area contributed by atoms with Crippen LogP contribution in [-0.4, -0.2) is 20.2 Å². The summed E-state index contributed by atoms with van der Waals surface area (Å²) in [5.74, 6) is 0.720. The number of nitrogen functional groups attached to an aromatic ring is 1. The van der Waals surface area contributed by atoms with Crippen molar-refractivity contribution in [3.05, 3.63) is 53.6 Å². The molecule has 0 amide bonds. The first-order valence-corrected chi connectivity index (χ1v) is 6.37. The summed E-state index contributed by atoms with van der Waals surface area (Å²) in [6, 6.07) is 13.8. The number of aromatic nitrogens is 4. The van der Waals surface area contributed by atoms with E-state index in [1.165, 1.54) is 0 Å². The van der Waals surface area contributed by atoms with Crippen molar-refractivity contribution in [3.63, 3.8) is 0 Å². The molecule has 2 N–H and O–H groups in total. The third kappa shape index (κ3) is 2.03. The van der Waals surface area contributed by atoms with Crippen molar-refractivity contribution in [2.24, 2.45) is 0 Å². The lowest BCUT2D eigenvalue weighted by Crippen LogP contribution is -2.04. The maximum absolute atomic E-state index is 5.93. The molecule has 3 aromatic rings. The van der Waals surface area contributed by atoms with Crippen LogP contribution in [0.25, 0.3) is 17.1 Å². The second-order valence-corrected chi connectivity index (χ2v) is 4.78. The molecule has 0 aliphatic rings. The number of hydrogen-bond donors (Lipinski definition) is 1. The van der Waals surface area contributed by atoms with E-state index in [0.717, 1.165) is 33.9 Å². The molecule has 0 saturated heterocycles. The fraction of sp³-hybridized carbons (Fsp3) is 0.133. The Balaban J connectivity index is 2.18. The summed E-state index contributed by atoms with van der Waals surface area (Å²) >= 11 is 0. The Morgan fingerprint density at radius 3 is 2.50 bits per heavy atom. The Morgan fingerprint density at radius 2 is 1.75 bits per heavy atom. The van der Waals surface area contributed by atoms with Crippen LogP contribution in [0.3, 0.4) is 0 Å². The van der Waals surface area contributed by atoms with E-state index in [-0.39, 0.29) is 0 Å². The Kier molecular flexibility index (Phi) is 2.95. The van der Waals surface area contributed by atoms with Gasteiger partial charge in [0.1, 0.15) is 0 Å². The molecule has 0 radical (unpaired) electrons. The highest BCUT2D eigenvalue weighted by molar-refractivity contribution is 5.61. The zero-order valence-corrected chi connectivity index (χ0v) is 11.4. The second kappa shape index (κ2) is 4.77. The average molecular weight is 265 g/mol. The molecule has 100 valence electrons. The predicted molar refractivity (Wildman–Crippen MR) is 78.5 cm³/mol. The molecule has 0 atom stereocenters. The molecule has 5 heteroatoms. The van der Waals surface area contributed by atoms with Gasteiger partial charge in [-0.15, -0.1) is 5.10 Å². The summed E-state index contributed by atoms with van der Waals surface area (Å²) in [7, 11) is 0. The molecule has 0 saturated carbocycles. The maximum Gasteiger partial charge on any atom is 0.187 e. The van der Waals surface area contributed by atoms with Gasteiger partial charge >= 0.3 is 0 Å². The van der Waals surface area contributed by atoms with E-state index in [0.29, 0.717) is 0 Å². The standard InChI is InChI=1S/C15H15N5/c1-10-9-14(11(2)8-13(10)16)20-15(17-18-19-20)12-6-4-3-5-7-12/h3-9H,16H2,1-2H3. The summed E-state index contributed by atoms with van der Waals surface area (Å²) in [4.78, 5) is 0. The third-order valence-corrected chi connectivity index (χ3v) is 3.31. The number of nitrogens with two attached hydrogens (primary N) is 1. The smallest absolute Gasteiger partial charge is 0.187 e. The van der Waals surface area contributed by atoms with Crippen molar-refractivity contribution in [2.75, 3.05) is 5.73 Å². The quantitative estimate of drug-likeness (QED) is 0.723. The Labute approximate surface area is 117 Å². The van der Waals surface area contributed by atoms with Gasteiger partial charge in [0.2, 0.25) is 0 Å². The van der Waals surface area contributed by atoms with Crippen LogP contribution in [0.2, 0.25) is 0 Å². The largest absolute Gasteiger partial charge is 0.399 e. The summed E-state index contributed by atoms with van der Waals surface area (Å²) in [5, 5.41) is 12.0. The molecule has 0 fully saturated rings. The van der Waals surface area contributed by atoms with Crippen LogP contribution in [0.4, 0.5) is 5.69 Å². The topological polar surface area (TPSA) is 69.6 Å². The molecule has 0 bridgehead atoms. The van der Waals surface area contributed by atoms with Crippen LogP contribution in [0.5, 0.6) is 0 Å². The molecule has 1 aromatic heterocycles. The molecule has 0 unspecified atom stereocenters. The van der Waals surface area contributed by atoms with Crippen molar-refractivity contribution in [1.82, 2.24) is 20.2 Å². The fourth-order valence-corrected chi connectivity index (χ4v) is 2.17. The minimum absolute atomic E-state index is 0.720. The van der Waals surface area contributed by atoms with Gasteiger partial charge in [0, 0.05) is 11.3 Å². The fourth-order valence-electron chi connectivity index (χ4n) is 2.17. The normalized spacial score (nSPS) is 10.7. The molecule has 0 spiro atoms. The predicted octanol–water partition coefficient (Wildman–Crippen LogP) is 2.53. The van der Waals surface area contributed by atoms with Crippen molar-refractivity contribution >= 4 is 5.69 Å². The highest BCUT2D eigenvalue weighted by Gasteiger charge is 2.13. The van der Waals surface area contributed by atoms with E-state index in [4.69, 9.17) is 5.73 Å². The van der Waals surface area contributed by atoms with Gasteiger partial charge in [-0.2, -0.15) is 4.68 Å². The molecule has 0 aliphatic carbocycles. The molecular weight excluding hydrogens is 250 g/mol. The minimum atomic E-state index is 0.720. The first kappa shape index (κ1) is 12.3. The highest BCUT2D eigenvalue weighted by atomic mass is 15.5. The van der Waals surface area contributed by atoms with Gasteiger partial charge in [0.15, 0.2) is 5.82 Å². The van der Waals surface area contributed by atoms with E-state index in [1.807, 2.05) is 56.3 Å². The van der Waals surface area contributed by atoms with Gasteiger partial charge in [0.05, 0.1) is 5.69 Å². The van der Waals surface area contributed by atoms with E-state index >= 15 is 0 Å². The van der Waals surface area contributed by atoms with Crippen molar-refractivity contribution in [1.29, 1.82) is 0 Å². The zero-order chi connectivity index (χ0) is 14.1. The lowest BCUT2D eigenvalue weighted by Gasteiger charge is -2.10. The van der Waals surface area contributed by atoms with Crippen LogP contribution in [0.1, 0.15) is 11.1 Å². The number of rotatable bonds is 2. The Hall–Kier alpha value is -2.69. The minimum Gasteiger partial charge on any atom is -0.399 e. The van der Waals surface area contributed by atoms with Crippen LogP contribution < -0.4 is 5.73 Å². The second-order valence-electron chi connectivity index (χ2n) is 4.78. The molecule has 0 aliphatic heterocycles. The number of anilines is 1. The molecule has 5 nitrogen and oxygen atoms in total. The SMILES string of the molecule is Cc1cc(-n2nnnc2-c2ccccc2)c(C)cc1N. The van der Waals surface area contributed by atoms with Gasteiger partial charge in [-0.25, -0.2) is 0 Å². The number of benzene rings is 2. The van der Waals surface area contributed by atoms with Crippen LogP contribution in [0.15, 0.2) is 42.5 Å². The van der Waals surface area contributed by atoms with E-state index in [9.17, 15) is 0 Å². The third-order valence-electron chi connectivity index (χ3n) is 3.31. The monoisotopic (exact) mass is 265 g/mol. The van der Waals surface area contributed by atoms with Crippen molar-refractivity contribution in [3.8, 4) is 17.1 Å². The van der Waals surface area contributed by atoms with Crippen molar-refractivity contribution < 1.29 is 0 Å². The van der Waals surface area contributed by atoms with Crippen LogP contribution >= 0.6 is 0 Å². The van der Waals surface area contributed by atoms with Crippen LogP contribution in [0, 0.1) is 13.8 Å².